The Morgan fingerprint density at radius 3 is 2.56 bits per heavy atom. The van der Waals surface area contributed by atoms with Crippen LogP contribution < -0.4 is 0 Å². The predicted octanol–water partition coefficient (Wildman–Crippen LogP) is 2.27. The average Bonchev–Trinajstić information content (AvgIpc) is 3.08. The lowest BCUT2D eigenvalue weighted by Crippen LogP contribution is -2.50. The van der Waals surface area contributed by atoms with Gasteiger partial charge >= 0.3 is 11.9 Å². The fraction of sp³-hybridized carbons (Fsp3) is 0.882. The Hall–Kier alpha value is -0.990. The molecule has 2 aliphatic carbocycles. The summed E-state index contributed by atoms with van der Waals surface area (Å²) in [6.45, 7) is 8.49. The standard InChI is InChI=1S/C17H28O7S/c1-6-16(3,4)15(19)22-10(2)14(18)23-13-11-7-8-12(9-11)17(13,5)24-25(20)21/h10-13H,6-9H2,1-5H3,(H,20,21)/p-1. The number of carbonyl (C=O) groups excluding carboxylic acids is 2. The zero-order valence-corrected chi connectivity index (χ0v) is 16.2. The molecule has 144 valence electrons. The van der Waals surface area contributed by atoms with Gasteiger partial charge in [-0.1, -0.05) is 6.92 Å². The van der Waals surface area contributed by atoms with E-state index in [0.29, 0.717) is 6.42 Å². The highest BCUT2D eigenvalue weighted by Gasteiger charge is 2.59. The third-order valence-corrected chi connectivity index (χ3v) is 6.32. The van der Waals surface area contributed by atoms with Gasteiger partial charge in [-0.05, 0) is 65.2 Å². The molecule has 0 amide bonds. The molecule has 0 saturated heterocycles. The molecule has 7 nitrogen and oxygen atoms in total. The number of rotatable bonds is 7. The lowest BCUT2D eigenvalue weighted by Gasteiger charge is -2.40. The Bertz CT molecular complexity index is 561. The molecule has 0 aliphatic heterocycles. The van der Waals surface area contributed by atoms with E-state index in [0.717, 1.165) is 19.3 Å². The van der Waals surface area contributed by atoms with Gasteiger partial charge in [-0.15, -0.1) is 0 Å². The Balaban J connectivity index is 2.03. The van der Waals surface area contributed by atoms with Gasteiger partial charge in [0, 0.05) is 0 Å². The largest absolute Gasteiger partial charge is 0.750 e. The van der Waals surface area contributed by atoms with Crippen LogP contribution in [0.5, 0.6) is 0 Å². The molecule has 0 spiro atoms. The summed E-state index contributed by atoms with van der Waals surface area (Å²) in [5.74, 6) is -1.04. The zero-order chi connectivity index (χ0) is 19.0. The summed E-state index contributed by atoms with van der Waals surface area (Å²) in [4.78, 5) is 24.5. The zero-order valence-electron chi connectivity index (χ0n) is 15.4. The van der Waals surface area contributed by atoms with Crippen molar-refractivity contribution in [1.82, 2.24) is 0 Å². The summed E-state index contributed by atoms with van der Waals surface area (Å²) in [5.41, 5.74) is -1.74. The molecule has 0 N–H and O–H groups in total. The summed E-state index contributed by atoms with van der Waals surface area (Å²) in [6.07, 6.45) is 1.35. The van der Waals surface area contributed by atoms with Crippen LogP contribution in [0.25, 0.3) is 0 Å². The van der Waals surface area contributed by atoms with Crippen molar-refractivity contribution in [2.45, 2.75) is 78.1 Å². The van der Waals surface area contributed by atoms with E-state index in [1.807, 2.05) is 6.92 Å². The molecule has 0 heterocycles. The fourth-order valence-electron chi connectivity index (χ4n) is 3.72. The van der Waals surface area contributed by atoms with Gasteiger partial charge < -0.3 is 14.0 Å². The second kappa shape index (κ2) is 7.32. The topological polar surface area (TPSA) is 102 Å². The maximum absolute atomic E-state index is 12.4. The fourth-order valence-corrected chi connectivity index (χ4v) is 4.25. The van der Waals surface area contributed by atoms with Gasteiger partial charge in [0.25, 0.3) is 0 Å². The number of hydrogen-bond donors (Lipinski definition) is 0. The third kappa shape index (κ3) is 4.06. The van der Waals surface area contributed by atoms with Crippen LogP contribution in [0.1, 0.15) is 60.3 Å². The van der Waals surface area contributed by atoms with Crippen molar-refractivity contribution < 1.29 is 32.0 Å². The minimum Gasteiger partial charge on any atom is -0.750 e. The van der Waals surface area contributed by atoms with Crippen molar-refractivity contribution in [3.63, 3.8) is 0 Å². The summed E-state index contributed by atoms with van der Waals surface area (Å²) in [5, 5.41) is 0. The maximum Gasteiger partial charge on any atom is 0.347 e. The van der Waals surface area contributed by atoms with E-state index in [1.54, 1.807) is 20.8 Å². The molecule has 25 heavy (non-hydrogen) atoms. The Labute approximate surface area is 151 Å². The molecule has 2 saturated carbocycles. The van der Waals surface area contributed by atoms with Gasteiger partial charge in [-0.2, -0.15) is 0 Å². The first-order valence-corrected chi connectivity index (χ1v) is 9.71. The molecule has 2 bridgehead atoms. The first-order chi connectivity index (χ1) is 11.5. The molecule has 6 unspecified atom stereocenters. The second-order valence-corrected chi connectivity index (χ2v) is 8.46. The molecule has 2 aliphatic rings. The van der Waals surface area contributed by atoms with Crippen molar-refractivity contribution in [2.75, 3.05) is 0 Å². The molecule has 2 rings (SSSR count). The number of hydrogen-bond acceptors (Lipinski definition) is 7. The van der Waals surface area contributed by atoms with Crippen LogP contribution in [0.4, 0.5) is 0 Å². The normalized spacial score (nSPS) is 33.8. The first-order valence-electron chi connectivity index (χ1n) is 8.71. The number of ether oxygens (including phenoxy) is 2. The van der Waals surface area contributed by atoms with Crippen molar-refractivity contribution in [2.24, 2.45) is 17.3 Å². The van der Waals surface area contributed by atoms with Crippen molar-refractivity contribution in [3.05, 3.63) is 0 Å². The van der Waals surface area contributed by atoms with Gasteiger partial charge in [-0.3, -0.25) is 8.98 Å². The summed E-state index contributed by atoms with van der Waals surface area (Å²) >= 11 is -2.69. The Kier molecular flexibility index (Phi) is 5.95. The number of fused-ring (bicyclic) bond motifs is 2. The van der Waals surface area contributed by atoms with Gasteiger partial charge in [0.05, 0.1) is 16.8 Å². The van der Waals surface area contributed by atoms with E-state index >= 15 is 0 Å². The second-order valence-electron chi connectivity index (χ2n) is 7.88. The van der Waals surface area contributed by atoms with Crippen LogP contribution in [0, 0.1) is 17.3 Å². The van der Waals surface area contributed by atoms with Gasteiger partial charge in [0.1, 0.15) is 11.7 Å². The van der Waals surface area contributed by atoms with Gasteiger partial charge in [-0.25, -0.2) is 9.00 Å². The molecular formula is C17H27O7S-. The number of carbonyl (C=O) groups is 2. The summed E-state index contributed by atoms with van der Waals surface area (Å²) < 4.78 is 38.0. The molecule has 2 fully saturated rings. The minimum atomic E-state index is -2.69. The average molecular weight is 375 g/mol. The lowest BCUT2D eigenvalue weighted by atomic mass is 9.83. The summed E-state index contributed by atoms with van der Waals surface area (Å²) in [7, 11) is 0. The van der Waals surface area contributed by atoms with Crippen molar-refractivity contribution >= 4 is 23.3 Å². The van der Waals surface area contributed by atoms with E-state index < -0.39 is 46.5 Å². The summed E-state index contributed by atoms with van der Waals surface area (Å²) in [6, 6.07) is 0. The monoisotopic (exact) mass is 375 g/mol. The Morgan fingerprint density at radius 1 is 1.36 bits per heavy atom. The van der Waals surface area contributed by atoms with Crippen LogP contribution in [-0.2, 0) is 34.6 Å². The molecule has 0 radical (unpaired) electrons. The quantitative estimate of drug-likeness (QED) is 0.497. The van der Waals surface area contributed by atoms with Crippen LogP contribution in [0.2, 0.25) is 0 Å². The van der Waals surface area contributed by atoms with E-state index in [1.165, 1.54) is 6.92 Å². The molecule has 6 atom stereocenters. The van der Waals surface area contributed by atoms with Crippen LogP contribution >= 0.6 is 0 Å². The van der Waals surface area contributed by atoms with Crippen LogP contribution in [-0.4, -0.2) is 38.5 Å². The van der Waals surface area contributed by atoms with Crippen LogP contribution in [0.3, 0.4) is 0 Å². The van der Waals surface area contributed by atoms with Gasteiger partial charge in [0.15, 0.2) is 6.10 Å². The first kappa shape index (κ1) is 20.3. The smallest absolute Gasteiger partial charge is 0.347 e. The van der Waals surface area contributed by atoms with E-state index in [2.05, 4.69) is 0 Å². The van der Waals surface area contributed by atoms with E-state index in [9.17, 15) is 18.4 Å². The lowest BCUT2D eigenvalue weighted by molar-refractivity contribution is -0.185. The number of esters is 2. The molecule has 8 heteroatoms. The van der Waals surface area contributed by atoms with E-state index in [-0.39, 0.29) is 11.8 Å². The predicted molar refractivity (Wildman–Crippen MR) is 88.7 cm³/mol. The molecule has 0 aromatic heterocycles. The maximum atomic E-state index is 12.4. The molecule has 0 aromatic carbocycles. The van der Waals surface area contributed by atoms with Crippen molar-refractivity contribution in [1.29, 1.82) is 0 Å². The molecular weight excluding hydrogens is 348 g/mol. The third-order valence-electron chi connectivity index (χ3n) is 5.82. The molecule has 0 aromatic rings. The minimum absolute atomic E-state index is 0.0325. The van der Waals surface area contributed by atoms with Gasteiger partial charge in [0.2, 0.25) is 0 Å². The van der Waals surface area contributed by atoms with Crippen LogP contribution in [0.15, 0.2) is 0 Å². The highest BCUT2D eigenvalue weighted by atomic mass is 32.2. The highest BCUT2D eigenvalue weighted by molar-refractivity contribution is 7.74. The van der Waals surface area contributed by atoms with E-state index in [4.69, 9.17) is 13.7 Å². The highest BCUT2D eigenvalue weighted by Crippen LogP contribution is 2.54. The Morgan fingerprint density at radius 2 is 2.00 bits per heavy atom. The van der Waals surface area contributed by atoms with Crippen molar-refractivity contribution in [3.8, 4) is 0 Å². The SMILES string of the molecule is CCC(C)(C)C(=O)OC(C)C(=O)OC1C2CCC(C2)C1(C)OS(=O)[O-].